The molecule has 0 radical (unpaired) electrons. The zero-order valence-corrected chi connectivity index (χ0v) is 9.12. The van der Waals surface area contributed by atoms with E-state index in [1.54, 1.807) is 0 Å². The Morgan fingerprint density at radius 1 is 1.64 bits per heavy atom. The summed E-state index contributed by atoms with van der Waals surface area (Å²) in [6.45, 7) is 6.19. The fraction of sp³-hybridized carbons (Fsp3) is 0.727. The third-order valence-corrected chi connectivity index (χ3v) is 2.91. The van der Waals surface area contributed by atoms with E-state index in [9.17, 15) is 4.79 Å². The van der Waals surface area contributed by atoms with Gasteiger partial charge in [-0.1, -0.05) is 6.08 Å². The molecule has 1 aliphatic rings. The van der Waals surface area contributed by atoms with Gasteiger partial charge in [-0.3, -0.25) is 4.79 Å². The van der Waals surface area contributed by atoms with Crippen LogP contribution in [0.25, 0.3) is 0 Å². The first-order valence-electron chi connectivity index (χ1n) is 5.31. The second-order valence-electron chi connectivity index (χ2n) is 3.97. The average Bonchev–Trinajstić information content (AvgIpc) is 2.27. The maximum Gasteiger partial charge on any atom is 0.249 e. The van der Waals surface area contributed by atoms with Gasteiger partial charge in [-0.2, -0.15) is 0 Å². The Kier molecular flexibility index (Phi) is 4.14. The fourth-order valence-corrected chi connectivity index (χ4v) is 1.81. The Balaban J connectivity index is 2.56. The van der Waals surface area contributed by atoms with E-state index in [1.165, 1.54) is 0 Å². The SMILES string of the molecule is C/C=C(\C)C(=O)N1CCCC(CN)C1. The van der Waals surface area contributed by atoms with Crippen LogP contribution >= 0.6 is 0 Å². The Morgan fingerprint density at radius 3 is 2.93 bits per heavy atom. The van der Waals surface area contributed by atoms with Crippen LogP contribution in [0.1, 0.15) is 26.7 Å². The molecule has 1 amide bonds. The van der Waals surface area contributed by atoms with Crippen LogP contribution in [0.2, 0.25) is 0 Å². The molecule has 1 heterocycles. The van der Waals surface area contributed by atoms with E-state index in [2.05, 4.69) is 0 Å². The molecular formula is C11H20N2O. The number of carbonyl (C=O) groups is 1. The summed E-state index contributed by atoms with van der Waals surface area (Å²) in [7, 11) is 0. The quantitative estimate of drug-likeness (QED) is 0.673. The van der Waals surface area contributed by atoms with Gasteiger partial charge in [0.1, 0.15) is 0 Å². The Morgan fingerprint density at radius 2 is 2.36 bits per heavy atom. The standard InChI is InChI=1S/C11H20N2O/c1-3-9(2)11(14)13-6-4-5-10(7-12)8-13/h3,10H,4-8,12H2,1-2H3/b9-3+. The van der Waals surface area contributed by atoms with Crippen molar-refractivity contribution in [1.82, 2.24) is 4.90 Å². The van der Waals surface area contributed by atoms with Crippen LogP contribution in [0.5, 0.6) is 0 Å². The van der Waals surface area contributed by atoms with Gasteiger partial charge >= 0.3 is 0 Å². The van der Waals surface area contributed by atoms with Crippen LogP contribution in [0.4, 0.5) is 0 Å². The summed E-state index contributed by atoms with van der Waals surface area (Å²) in [5.41, 5.74) is 6.46. The number of hydrogen-bond acceptors (Lipinski definition) is 2. The lowest BCUT2D eigenvalue weighted by Crippen LogP contribution is -2.42. The zero-order chi connectivity index (χ0) is 10.6. The maximum absolute atomic E-state index is 11.8. The summed E-state index contributed by atoms with van der Waals surface area (Å²) in [5, 5.41) is 0. The van der Waals surface area contributed by atoms with Crippen molar-refractivity contribution in [3.05, 3.63) is 11.6 Å². The molecule has 2 N–H and O–H groups in total. The lowest BCUT2D eigenvalue weighted by atomic mass is 9.98. The third-order valence-electron chi connectivity index (χ3n) is 2.91. The van der Waals surface area contributed by atoms with Gasteiger partial charge in [-0.05, 0) is 39.2 Å². The van der Waals surface area contributed by atoms with Crippen LogP contribution in [0.15, 0.2) is 11.6 Å². The van der Waals surface area contributed by atoms with E-state index < -0.39 is 0 Å². The number of carbonyl (C=O) groups excluding carboxylic acids is 1. The van der Waals surface area contributed by atoms with E-state index in [1.807, 2.05) is 24.8 Å². The van der Waals surface area contributed by atoms with Crippen molar-refractivity contribution < 1.29 is 4.79 Å². The van der Waals surface area contributed by atoms with Crippen LogP contribution in [-0.4, -0.2) is 30.4 Å². The Hall–Kier alpha value is -0.830. The Bertz CT molecular complexity index is 235. The number of allylic oxidation sites excluding steroid dienone is 1. The zero-order valence-electron chi connectivity index (χ0n) is 9.12. The van der Waals surface area contributed by atoms with Crippen molar-refractivity contribution in [3.63, 3.8) is 0 Å². The highest BCUT2D eigenvalue weighted by atomic mass is 16.2. The number of hydrogen-bond donors (Lipinski definition) is 1. The molecule has 0 aromatic rings. The molecule has 0 aromatic heterocycles. The van der Waals surface area contributed by atoms with Crippen molar-refractivity contribution in [2.75, 3.05) is 19.6 Å². The van der Waals surface area contributed by atoms with Crippen LogP contribution in [0, 0.1) is 5.92 Å². The summed E-state index contributed by atoms with van der Waals surface area (Å²) in [4.78, 5) is 13.7. The molecule has 3 nitrogen and oxygen atoms in total. The number of rotatable bonds is 2. The van der Waals surface area contributed by atoms with Crippen molar-refractivity contribution in [1.29, 1.82) is 0 Å². The second kappa shape index (κ2) is 5.15. The monoisotopic (exact) mass is 196 g/mol. The number of piperidine rings is 1. The van der Waals surface area contributed by atoms with Crippen molar-refractivity contribution in [2.45, 2.75) is 26.7 Å². The van der Waals surface area contributed by atoms with E-state index in [-0.39, 0.29) is 5.91 Å². The molecule has 3 heteroatoms. The molecule has 1 atom stereocenters. The predicted molar refractivity (Wildman–Crippen MR) is 57.8 cm³/mol. The van der Waals surface area contributed by atoms with E-state index in [4.69, 9.17) is 5.73 Å². The summed E-state index contributed by atoms with van der Waals surface area (Å²) < 4.78 is 0. The number of likely N-dealkylation sites (tertiary alicyclic amines) is 1. The molecule has 0 bridgehead atoms. The minimum absolute atomic E-state index is 0.172. The van der Waals surface area contributed by atoms with Crippen LogP contribution in [-0.2, 0) is 4.79 Å². The molecule has 80 valence electrons. The summed E-state index contributed by atoms with van der Waals surface area (Å²) in [5.74, 6) is 0.669. The van der Waals surface area contributed by atoms with E-state index >= 15 is 0 Å². The lowest BCUT2D eigenvalue weighted by molar-refractivity contribution is -0.128. The maximum atomic E-state index is 11.8. The van der Waals surface area contributed by atoms with Gasteiger partial charge in [0.15, 0.2) is 0 Å². The molecule has 1 aliphatic heterocycles. The van der Waals surface area contributed by atoms with Gasteiger partial charge in [-0.15, -0.1) is 0 Å². The Labute approximate surface area is 86.0 Å². The molecule has 0 aromatic carbocycles. The van der Waals surface area contributed by atoms with Gasteiger partial charge in [0.25, 0.3) is 0 Å². The van der Waals surface area contributed by atoms with Crippen LogP contribution < -0.4 is 5.73 Å². The third kappa shape index (κ3) is 2.58. The van der Waals surface area contributed by atoms with E-state index in [0.29, 0.717) is 12.5 Å². The molecule has 0 spiro atoms. The minimum Gasteiger partial charge on any atom is -0.339 e. The van der Waals surface area contributed by atoms with Crippen molar-refractivity contribution in [2.24, 2.45) is 11.7 Å². The van der Waals surface area contributed by atoms with Gasteiger partial charge in [-0.25, -0.2) is 0 Å². The van der Waals surface area contributed by atoms with Crippen LogP contribution in [0.3, 0.4) is 0 Å². The number of nitrogens with two attached hydrogens (primary N) is 1. The van der Waals surface area contributed by atoms with Gasteiger partial charge in [0.05, 0.1) is 0 Å². The first-order chi connectivity index (χ1) is 6.69. The summed E-state index contributed by atoms with van der Waals surface area (Å²) in [6.07, 6.45) is 4.12. The average molecular weight is 196 g/mol. The highest BCUT2D eigenvalue weighted by Gasteiger charge is 2.22. The largest absolute Gasteiger partial charge is 0.339 e. The van der Waals surface area contributed by atoms with Gasteiger partial charge in [0.2, 0.25) is 5.91 Å². The van der Waals surface area contributed by atoms with Crippen molar-refractivity contribution >= 4 is 5.91 Å². The van der Waals surface area contributed by atoms with Gasteiger partial charge in [0, 0.05) is 18.7 Å². The smallest absolute Gasteiger partial charge is 0.249 e. The molecule has 0 aliphatic carbocycles. The predicted octanol–water partition coefficient (Wildman–Crippen LogP) is 1.15. The minimum atomic E-state index is 0.172. The summed E-state index contributed by atoms with van der Waals surface area (Å²) in [6, 6.07) is 0. The fourth-order valence-electron chi connectivity index (χ4n) is 1.81. The first kappa shape index (κ1) is 11.2. The second-order valence-corrected chi connectivity index (χ2v) is 3.97. The molecule has 1 rings (SSSR count). The summed E-state index contributed by atoms with van der Waals surface area (Å²) >= 11 is 0. The first-order valence-corrected chi connectivity index (χ1v) is 5.31. The topological polar surface area (TPSA) is 46.3 Å². The molecule has 1 saturated heterocycles. The van der Waals surface area contributed by atoms with Crippen molar-refractivity contribution in [3.8, 4) is 0 Å². The lowest BCUT2D eigenvalue weighted by Gasteiger charge is -2.32. The van der Waals surface area contributed by atoms with Gasteiger partial charge < -0.3 is 10.6 Å². The molecule has 1 fully saturated rings. The number of amides is 1. The number of nitrogens with zero attached hydrogens (tertiary/aromatic N) is 1. The molecule has 0 saturated carbocycles. The normalized spacial score (nSPS) is 23.8. The molecule has 1 unspecified atom stereocenters. The molecule has 14 heavy (non-hydrogen) atoms. The highest BCUT2D eigenvalue weighted by Crippen LogP contribution is 2.16. The molecular weight excluding hydrogens is 176 g/mol. The highest BCUT2D eigenvalue weighted by molar-refractivity contribution is 5.92. The van der Waals surface area contributed by atoms with E-state index in [0.717, 1.165) is 31.5 Å².